The molecule has 44 heavy (non-hydrogen) atoms. The van der Waals surface area contributed by atoms with Gasteiger partial charge in [0.05, 0.1) is 22.9 Å². The molecule has 1 amide bonds. The summed E-state index contributed by atoms with van der Waals surface area (Å²) in [5.41, 5.74) is 7.66. The van der Waals surface area contributed by atoms with Crippen LogP contribution >= 0.6 is 0 Å². The van der Waals surface area contributed by atoms with Gasteiger partial charge in [-0.3, -0.25) is 4.79 Å². The molecule has 232 valence electrons. The zero-order valence-corrected chi connectivity index (χ0v) is 26.6. The average Bonchev–Trinajstić information content (AvgIpc) is 3.85. The number of fused-ring (bicyclic) bond motifs is 1. The van der Waals surface area contributed by atoms with Gasteiger partial charge < -0.3 is 25.8 Å². The van der Waals surface area contributed by atoms with Crippen LogP contribution in [0.3, 0.4) is 0 Å². The summed E-state index contributed by atoms with van der Waals surface area (Å²) < 4.78 is 38.2. The van der Waals surface area contributed by atoms with E-state index in [1.165, 1.54) is 0 Å². The largest absolute Gasteiger partial charge is 0.490 e. The Morgan fingerprint density at radius 1 is 1.07 bits per heavy atom. The molecule has 0 radical (unpaired) electrons. The molecule has 3 aromatic carbocycles. The third-order valence-electron chi connectivity index (χ3n) is 7.95. The second kappa shape index (κ2) is 12.4. The van der Waals surface area contributed by atoms with E-state index in [4.69, 9.17) is 15.2 Å². The first-order chi connectivity index (χ1) is 21.0. The molecule has 1 unspecified atom stereocenters. The first-order valence-corrected chi connectivity index (χ1v) is 16.5. The summed E-state index contributed by atoms with van der Waals surface area (Å²) in [5, 5.41) is 7.92. The molecule has 1 aliphatic carbocycles. The molecule has 1 aliphatic rings. The quantitative estimate of drug-likeness (QED) is 0.180. The third-order valence-corrected chi connectivity index (χ3v) is 10.3. The monoisotopic (exact) mass is 616 g/mol. The number of benzene rings is 3. The van der Waals surface area contributed by atoms with Crippen molar-refractivity contribution in [1.82, 2.24) is 10.3 Å². The van der Waals surface area contributed by atoms with Crippen LogP contribution in [0.4, 0.5) is 11.5 Å². The number of nitrogens with zero attached hydrogens (tertiary/aromatic N) is 1. The Kier molecular flexibility index (Phi) is 8.74. The van der Waals surface area contributed by atoms with E-state index in [-0.39, 0.29) is 28.7 Å². The lowest BCUT2D eigenvalue weighted by Gasteiger charge is -2.33. The molecule has 5 rings (SSSR count). The molecule has 0 aliphatic heterocycles. The average molecular weight is 617 g/mol. The minimum Gasteiger partial charge on any atom is -0.490 e. The van der Waals surface area contributed by atoms with Crippen LogP contribution in [-0.4, -0.2) is 37.3 Å². The molecule has 0 spiro atoms. The topological polar surface area (TPSA) is 133 Å². The number of sulfone groups is 1. The number of amides is 1. The molecule has 1 aromatic heterocycles. The zero-order valence-electron chi connectivity index (χ0n) is 25.8. The van der Waals surface area contributed by atoms with E-state index >= 15 is 0 Å². The van der Waals surface area contributed by atoms with E-state index in [2.05, 4.69) is 15.6 Å². The smallest absolute Gasteiger partial charge is 0.250 e. The molecule has 0 saturated heterocycles. The molecule has 10 heteroatoms. The Hall–Kier alpha value is -4.31. The van der Waals surface area contributed by atoms with E-state index in [9.17, 15) is 13.2 Å². The number of rotatable bonds is 12. The van der Waals surface area contributed by atoms with Crippen LogP contribution in [-0.2, 0) is 26.7 Å². The summed E-state index contributed by atoms with van der Waals surface area (Å²) in [4.78, 5) is 18.8. The SMILES string of the molecule is CCOc1cc(C(C)(Nc2ccc3c(N)nccc3c2C)C(=O)NCc2ccccc2S(=O)(=O)C2CC2)ccc1OC(C)C. The Bertz CT molecular complexity index is 1800. The first kappa shape index (κ1) is 31.1. The summed E-state index contributed by atoms with van der Waals surface area (Å²) in [5.74, 6) is 1.19. The Balaban J connectivity index is 1.55. The number of ether oxygens (including phenoxy) is 2. The van der Waals surface area contributed by atoms with Crippen LogP contribution in [0, 0.1) is 6.92 Å². The Labute approximate surface area is 259 Å². The first-order valence-electron chi connectivity index (χ1n) is 14.9. The van der Waals surface area contributed by atoms with E-state index in [1.54, 1.807) is 37.4 Å². The number of carbonyl (C=O) groups is 1. The number of nitrogens with two attached hydrogens (primary N) is 1. The van der Waals surface area contributed by atoms with E-state index < -0.39 is 15.4 Å². The molecule has 4 N–H and O–H groups in total. The van der Waals surface area contributed by atoms with Crippen molar-refractivity contribution in [3.05, 3.63) is 83.6 Å². The number of carbonyl (C=O) groups excluding carboxylic acids is 1. The van der Waals surface area contributed by atoms with Crippen molar-refractivity contribution in [1.29, 1.82) is 0 Å². The Morgan fingerprint density at radius 2 is 1.82 bits per heavy atom. The number of anilines is 2. The van der Waals surface area contributed by atoms with Crippen LogP contribution in [0.5, 0.6) is 11.5 Å². The third kappa shape index (κ3) is 6.17. The number of nitrogen functional groups attached to an aromatic ring is 1. The summed E-state index contributed by atoms with van der Waals surface area (Å²) >= 11 is 0. The number of nitrogens with one attached hydrogen (secondary N) is 2. The van der Waals surface area contributed by atoms with Crippen molar-refractivity contribution in [2.24, 2.45) is 0 Å². The maximum absolute atomic E-state index is 14.3. The van der Waals surface area contributed by atoms with Gasteiger partial charge in [0.2, 0.25) is 5.91 Å². The van der Waals surface area contributed by atoms with Crippen molar-refractivity contribution in [2.75, 3.05) is 17.7 Å². The lowest BCUT2D eigenvalue weighted by atomic mass is 9.89. The van der Waals surface area contributed by atoms with Gasteiger partial charge in [-0.15, -0.1) is 0 Å². The normalized spacial score (nSPS) is 14.7. The summed E-state index contributed by atoms with van der Waals surface area (Å²) in [7, 11) is -3.45. The van der Waals surface area contributed by atoms with Crippen LogP contribution in [0.2, 0.25) is 0 Å². The highest BCUT2D eigenvalue weighted by molar-refractivity contribution is 7.92. The van der Waals surface area contributed by atoms with Gasteiger partial charge in [-0.25, -0.2) is 13.4 Å². The molecule has 1 atom stereocenters. The minimum atomic E-state index is -3.45. The predicted octanol–water partition coefficient (Wildman–Crippen LogP) is 5.89. The lowest BCUT2D eigenvalue weighted by Crippen LogP contribution is -2.48. The number of hydrogen-bond donors (Lipinski definition) is 3. The highest BCUT2D eigenvalue weighted by Gasteiger charge is 2.39. The lowest BCUT2D eigenvalue weighted by molar-refractivity contribution is -0.125. The molecule has 0 bridgehead atoms. The van der Waals surface area contributed by atoms with Gasteiger partial charge in [-0.1, -0.05) is 24.3 Å². The minimum absolute atomic E-state index is 0.0456. The van der Waals surface area contributed by atoms with Crippen LogP contribution < -0.4 is 25.8 Å². The van der Waals surface area contributed by atoms with Crippen LogP contribution in [0.1, 0.15) is 57.2 Å². The molecular formula is C34H40N4O5S. The second-order valence-electron chi connectivity index (χ2n) is 11.6. The van der Waals surface area contributed by atoms with Crippen molar-refractivity contribution < 1.29 is 22.7 Å². The molecule has 1 heterocycles. The highest BCUT2D eigenvalue weighted by atomic mass is 32.2. The van der Waals surface area contributed by atoms with Gasteiger partial charge >= 0.3 is 0 Å². The maximum Gasteiger partial charge on any atom is 0.250 e. The van der Waals surface area contributed by atoms with Gasteiger partial charge in [0, 0.05) is 23.8 Å². The Morgan fingerprint density at radius 3 is 2.52 bits per heavy atom. The van der Waals surface area contributed by atoms with Gasteiger partial charge in [0.1, 0.15) is 11.4 Å². The number of pyridine rings is 1. The summed E-state index contributed by atoms with van der Waals surface area (Å²) in [6.45, 7) is 10.00. The van der Waals surface area contributed by atoms with Crippen LogP contribution in [0.25, 0.3) is 10.8 Å². The molecular weight excluding hydrogens is 576 g/mol. The zero-order chi connectivity index (χ0) is 31.6. The number of aryl methyl sites for hydroxylation is 1. The summed E-state index contributed by atoms with van der Waals surface area (Å²) in [6, 6.07) is 18.0. The fourth-order valence-electron chi connectivity index (χ4n) is 5.37. The van der Waals surface area contributed by atoms with Crippen molar-refractivity contribution in [3.8, 4) is 11.5 Å². The standard InChI is InChI=1S/C34H40N4O5S/c1-6-42-30-19-24(11-16-29(30)43-21(2)3)34(5,38-28-15-14-27-26(22(28)4)17-18-36-32(27)35)33(39)37-20-23-9-7-8-10-31(23)44(40,41)25-12-13-25/h7-11,14-19,21,25,38H,6,12-13,20H2,1-5H3,(H2,35,36)(H,37,39). The van der Waals surface area contributed by atoms with Crippen LogP contribution in [0.15, 0.2) is 71.8 Å². The van der Waals surface area contributed by atoms with Gasteiger partial charge in [0.25, 0.3) is 0 Å². The predicted molar refractivity (Wildman–Crippen MR) is 174 cm³/mol. The maximum atomic E-state index is 14.3. The van der Waals surface area contributed by atoms with E-state index in [1.807, 2.05) is 64.1 Å². The molecule has 9 nitrogen and oxygen atoms in total. The van der Waals surface area contributed by atoms with Crippen molar-refractivity contribution in [3.63, 3.8) is 0 Å². The number of hydrogen-bond acceptors (Lipinski definition) is 8. The summed E-state index contributed by atoms with van der Waals surface area (Å²) in [6.07, 6.45) is 2.92. The van der Waals surface area contributed by atoms with Crippen molar-refractivity contribution in [2.45, 2.75) is 75.8 Å². The van der Waals surface area contributed by atoms with Gasteiger partial charge in [-0.05, 0) is 106 Å². The fraction of sp³-hybridized carbons (Fsp3) is 0.353. The highest BCUT2D eigenvalue weighted by Crippen LogP contribution is 2.38. The fourth-order valence-corrected chi connectivity index (χ4v) is 7.26. The van der Waals surface area contributed by atoms with E-state index in [0.29, 0.717) is 47.9 Å². The van der Waals surface area contributed by atoms with Gasteiger partial charge in [-0.2, -0.15) is 0 Å². The molecule has 1 saturated carbocycles. The molecule has 1 fully saturated rings. The molecule has 4 aromatic rings. The number of aromatic nitrogens is 1. The van der Waals surface area contributed by atoms with Crippen molar-refractivity contribution >= 4 is 38.0 Å². The van der Waals surface area contributed by atoms with Gasteiger partial charge in [0.15, 0.2) is 21.3 Å². The second-order valence-corrected chi connectivity index (χ2v) is 13.8. The van der Waals surface area contributed by atoms with E-state index in [0.717, 1.165) is 22.0 Å².